The fourth-order valence-electron chi connectivity index (χ4n) is 3.42. The molecule has 0 bridgehead atoms. The number of rotatable bonds is 6. The van der Waals surface area contributed by atoms with Crippen LogP contribution in [-0.2, 0) is 28.9 Å². The van der Waals surface area contributed by atoms with Gasteiger partial charge in [-0.05, 0) is 43.0 Å². The molecular weight excluding hydrogens is 430 g/mol. The number of carbonyl (C=O) groups is 2. The Morgan fingerprint density at radius 3 is 3.03 bits per heavy atom. The number of hydrogen-bond acceptors (Lipinski definition) is 8. The zero-order chi connectivity index (χ0) is 22.5. The monoisotopic (exact) mass is 453 g/mol. The molecular formula is C22H23N5O4S. The average Bonchev–Trinajstić information content (AvgIpc) is 3.34. The number of aromatic nitrogens is 2. The van der Waals surface area contributed by atoms with E-state index in [9.17, 15) is 9.59 Å². The number of ether oxygens (including phenoxy) is 1. The predicted molar refractivity (Wildman–Crippen MR) is 121 cm³/mol. The highest BCUT2D eigenvalue weighted by Crippen LogP contribution is 2.40. The van der Waals surface area contributed by atoms with Gasteiger partial charge in [-0.3, -0.25) is 9.78 Å². The number of aryl methyl sites for hydroxylation is 1. The Labute approximate surface area is 188 Å². The molecule has 0 aromatic carbocycles. The van der Waals surface area contributed by atoms with Crippen LogP contribution in [0.15, 0.2) is 41.3 Å². The third-order valence-corrected chi connectivity index (χ3v) is 6.34. The summed E-state index contributed by atoms with van der Waals surface area (Å²) >= 11 is 1.42. The SMILES string of the molecule is Cc1oncc1CNC(=O)OC1CCc2c(sc(NC(=O)/C=C/c3cccnc3)c2N)C1. The highest BCUT2D eigenvalue weighted by atomic mass is 32.1. The number of pyridine rings is 1. The standard InChI is InChI=1S/C22H23N5O4S/c1-13-15(12-26-31-13)11-25-22(29)30-16-5-6-17-18(9-16)32-21(20(17)23)27-19(28)7-4-14-3-2-8-24-10-14/h2-4,7-8,10,12,16H,5-6,9,11,23H2,1H3,(H,25,29)(H,27,28)/b7-4+. The highest BCUT2D eigenvalue weighted by Gasteiger charge is 2.27. The number of nitrogen functional groups attached to an aromatic ring is 1. The van der Waals surface area contributed by atoms with Crippen LogP contribution < -0.4 is 16.4 Å². The topological polar surface area (TPSA) is 132 Å². The van der Waals surface area contributed by atoms with Gasteiger partial charge >= 0.3 is 6.09 Å². The fraction of sp³-hybridized carbons (Fsp3) is 0.273. The van der Waals surface area contributed by atoms with Crippen molar-refractivity contribution in [3.8, 4) is 0 Å². The molecule has 4 rings (SSSR count). The Kier molecular flexibility index (Phi) is 6.50. The molecule has 166 valence electrons. The number of nitrogens with zero attached hydrogens (tertiary/aromatic N) is 2. The van der Waals surface area contributed by atoms with Crippen molar-refractivity contribution in [1.29, 1.82) is 0 Å². The summed E-state index contributed by atoms with van der Waals surface area (Å²) in [6.07, 6.45) is 9.22. The first-order chi connectivity index (χ1) is 15.5. The normalized spacial score (nSPS) is 15.3. The van der Waals surface area contributed by atoms with Gasteiger partial charge in [0.2, 0.25) is 5.91 Å². The number of anilines is 2. The average molecular weight is 454 g/mol. The minimum Gasteiger partial charge on any atom is -0.446 e. The molecule has 3 aromatic rings. The zero-order valence-corrected chi connectivity index (χ0v) is 18.3. The molecule has 1 atom stereocenters. The van der Waals surface area contributed by atoms with Crippen LogP contribution in [0.1, 0.15) is 33.7 Å². The summed E-state index contributed by atoms with van der Waals surface area (Å²) in [5.74, 6) is 0.391. The molecule has 2 amide bonds. The van der Waals surface area contributed by atoms with Crippen molar-refractivity contribution in [2.24, 2.45) is 0 Å². The molecule has 1 aliphatic carbocycles. The van der Waals surface area contributed by atoms with Gasteiger partial charge in [0.05, 0.1) is 18.4 Å². The molecule has 3 aromatic heterocycles. The third kappa shape index (κ3) is 5.14. The van der Waals surface area contributed by atoms with Gasteiger partial charge < -0.3 is 25.6 Å². The lowest BCUT2D eigenvalue weighted by Gasteiger charge is -2.22. The lowest BCUT2D eigenvalue weighted by atomic mass is 9.95. The van der Waals surface area contributed by atoms with Crippen molar-refractivity contribution in [2.45, 2.75) is 38.8 Å². The predicted octanol–water partition coefficient (Wildman–Crippen LogP) is 3.46. The second-order valence-corrected chi connectivity index (χ2v) is 8.49. The summed E-state index contributed by atoms with van der Waals surface area (Å²) in [4.78, 5) is 29.5. The first-order valence-corrected chi connectivity index (χ1v) is 10.9. The molecule has 32 heavy (non-hydrogen) atoms. The van der Waals surface area contributed by atoms with Gasteiger partial charge in [0.25, 0.3) is 0 Å². The van der Waals surface area contributed by atoms with Gasteiger partial charge in [0.15, 0.2) is 0 Å². The Bertz CT molecular complexity index is 1140. The second kappa shape index (κ2) is 9.65. The van der Waals surface area contributed by atoms with Crippen molar-refractivity contribution in [1.82, 2.24) is 15.5 Å². The number of alkyl carbamates (subject to hydrolysis) is 1. The van der Waals surface area contributed by atoms with Crippen molar-refractivity contribution >= 4 is 40.1 Å². The summed E-state index contributed by atoms with van der Waals surface area (Å²) in [5, 5.41) is 9.86. The summed E-state index contributed by atoms with van der Waals surface area (Å²) < 4.78 is 10.5. The van der Waals surface area contributed by atoms with Crippen LogP contribution in [0, 0.1) is 6.92 Å². The molecule has 0 saturated carbocycles. The molecule has 1 aliphatic rings. The van der Waals surface area contributed by atoms with Crippen LogP contribution in [0.3, 0.4) is 0 Å². The van der Waals surface area contributed by atoms with Crippen molar-refractivity contribution in [3.63, 3.8) is 0 Å². The molecule has 0 radical (unpaired) electrons. The quantitative estimate of drug-likeness (QED) is 0.487. The largest absolute Gasteiger partial charge is 0.446 e. The van der Waals surface area contributed by atoms with Gasteiger partial charge in [-0.25, -0.2) is 4.79 Å². The third-order valence-electron chi connectivity index (χ3n) is 5.16. The maximum atomic E-state index is 12.3. The van der Waals surface area contributed by atoms with Gasteiger partial charge in [0, 0.05) is 35.3 Å². The van der Waals surface area contributed by atoms with E-state index in [1.807, 2.05) is 6.07 Å². The molecule has 0 spiro atoms. The minimum atomic E-state index is -0.488. The maximum Gasteiger partial charge on any atom is 0.407 e. The van der Waals surface area contributed by atoms with Gasteiger partial charge in [-0.1, -0.05) is 11.2 Å². The fourth-order valence-corrected chi connectivity index (χ4v) is 4.66. The molecule has 3 heterocycles. The summed E-state index contributed by atoms with van der Waals surface area (Å²) in [6, 6.07) is 3.66. The first-order valence-electron chi connectivity index (χ1n) is 10.1. The van der Waals surface area contributed by atoms with E-state index in [1.54, 1.807) is 37.7 Å². The number of hydrogen-bond donors (Lipinski definition) is 3. The summed E-state index contributed by atoms with van der Waals surface area (Å²) in [6.45, 7) is 2.07. The van der Waals surface area contributed by atoms with E-state index in [-0.39, 0.29) is 12.0 Å². The first kappa shape index (κ1) is 21.6. The molecule has 4 N–H and O–H groups in total. The molecule has 0 fully saturated rings. The Morgan fingerprint density at radius 2 is 2.28 bits per heavy atom. The molecule has 9 nitrogen and oxygen atoms in total. The van der Waals surface area contributed by atoms with Crippen LogP contribution >= 0.6 is 11.3 Å². The van der Waals surface area contributed by atoms with E-state index in [2.05, 4.69) is 20.8 Å². The number of nitrogens with one attached hydrogen (secondary N) is 2. The molecule has 0 aliphatic heterocycles. The Hall–Kier alpha value is -3.66. The number of carbonyl (C=O) groups excluding carboxylic acids is 2. The van der Waals surface area contributed by atoms with Crippen LogP contribution in [0.5, 0.6) is 0 Å². The maximum absolute atomic E-state index is 12.3. The number of amides is 2. The lowest BCUT2D eigenvalue weighted by Crippen LogP contribution is -2.31. The second-order valence-electron chi connectivity index (χ2n) is 7.39. The minimum absolute atomic E-state index is 0.252. The van der Waals surface area contributed by atoms with Gasteiger partial charge in [0.1, 0.15) is 16.9 Å². The van der Waals surface area contributed by atoms with Crippen molar-refractivity contribution in [2.75, 3.05) is 11.1 Å². The van der Waals surface area contributed by atoms with Crippen molar-refractivity contribution < 1.29 is 18.8 Å². The molecule has 10 heteroatoms. The Balaban J connectivity index is 1.32. The number of nitrogens with two attached hydrogens (primary N) is 1. The number of thiophene rings is 1. The van der Waals surface area contributed by atoms with E-state index < -0.39 is 6.09 Å². The number of fused-ring (bicyclic) bond motifs is 1. The van der Waals surface area contributed by atoms with Gasteiger partial charge in [-0.2, -0.15) is 0 Å². The van der Waals surface area contributed by atoms with Crippen molar-refractivity contribution in [3.05, 3.63) is 64.1 Å². The van der Waals surface area contributed by atoms with Crippen LogP contribution in [-0.4, -0.2) is 28.2 Å². The van der Waals surface area contributed by atoms with Crippen LogP contribution in [0.2, 0.25) is 0 Å². The Morgan fingerprint density at radius 1 is 1.41 bits per heavy atom. The van der Waals surface area contributed by atoms with Gasteiger partial charge in [-0.15, -0.1) is 11.3 Å². The van der Waals surface area contributed by atoms with Crippen LogP contribution in [0.25, 0.3) is 6.08 Å². The van der Waals surface area contributed by atoms with E-state index >= 15 is 0 Å². The smallest absolute Gasteiger partial charge is 0.407 e. The highest BCUT2D eigenvalue weighted by molar-refractivity contribution is 7.17. The molecule has 1 unspecified atom stereocenters. The zero-order valence-electron chi connectivity index (χ0n) is 17.5. The van der Waals surface area contributed by atoms with E-state index in [0.717, 1.165) is 21.6 Å². The van der Waals surface area contributed by atoms with E-state index in [1.165, 1.54) is 17.4 Å². The molecule has 0 saturated heterocycles. The van der Waals surface area contributed by atoms with E-state index in [4.69, 9.17) is 15.0 Å². The summed E-state index contributed by atoms with van der Waals surface area (Å²) in [7, 11) is 0. The summed E-state index contributed by atoms with van der Waals surface area (Å²) in [5.41, 5.74) is 9.50. The van der Waals surface area contributed by atoms with Crippen LogP contribution in [0.4, 0.5) is 15.5 Å². The van der Waals surface area contributed by atoms with E-state index in [0.29, 0.717) is 42.3 Å². The lowest BCUT2D eigenvalue weighted by molar-refractivity contribution is -0.111.